The molecule has 0 radical (unpaired) electrons. The predicted molar refractivity (Wildman–Crippen MR) is 77.2 cm³/mol. The lowest BCUT2D eigenvalue weighted by Crippen LogP contribution is -2.25. The Bertz CT molecular complexity index is 495. The molecular formula is C18H18O. The summed E-state index contributed by atoms with van der Waals surface area (Å²) in [6.45, 7) is 0. The molecular weight excluding hydrogens is 232 g/mol. The molecule has 1 nitrogen and oxygen atoms in total. The zero-order valence-corrected chi connectivity index (χ0v) is 11.0. The van der Waals surface area contributed by atoms with Gasteiger partial charge < -0.3 is 0 Å². The first-order valence-corrected chi connectivity index (χ1v) is 7.00. The van der Waals surface area contributed by atoms with E-state index in [-0.39, 0.29) is 11.8 Å². The third kappa shape index (κ3) is 2.46. The molecule has 2 atom stereocenters. The summed E-state index contributed by atoms with van der Waals surface area (Å²) in [4.78, 5) is 12.7. The summed E-state index contributed by atoms with van der Waals surface area (Å²) in [5, 5.41) is 0. The first-order chi connectivity index (χ1) is 9.36. The number of hydrogen-bond acceptors (Lipinski definition) is 1. The van der Waals surface area contributed by atoms with E-state index >= 15 is 0 Å². The number of hydrogen-bond donors (Lipinski definition) is 0. The van der Waals surface area contributed by atoms with Crippen LogP contribution in [-0.2, 0) is 4.79 Å². The lowest BCUT2D eigenvalue weighted by Gasteiger charge is -2.28. The van der Waals surface area contributed by atoms with Gasteiger partial charge in [0.25, 0.3) is 0 Å². The van der Waals surface area contributed by atoms with Crippen LogP contribution in [0.5, 0.6) is 0 Å². The standard InChI is InChI=1S/C18H18O/c19-18-16(14-8-3-1-4-9-14)12-7-13-17(18)15-10-5-2-6-11-15/h1-6,8-11,16-17H,7,12-13H2/t16-,17+. The maximum atomic E-state index is 12.7. The van der Waals surface area contributed by atoms with Crippen molar-refractivity contribution in [3.8, 4) is 0 Å². The molecule has 0 aromatic heterocycles. The van der Waals surface area contributed by atoms with Gasteiger partial charge in [-0.05, 0) is 24.0 Å². The number of carbonyl (C=O) groups excluding carboxylic acids is 1. The van der Waals surface area contributed by atoms with Crippen LogP contribution >= 0.6 is 0 Å². The zero-order valence-electron chi connectivity index (χ0n) is 11.0. The minimum Gasteiger partial charge on any atom is -0.298 e. The van der Waals surface area contributed by atoms with Gasteiger partial charge in [0, 0.05) is 11.8 Å². The van der Waals surface area contributed by atoms with Gasteiger partial charge in [0.05, 0.1) is 0 Å². The lowest BCUT2D eigenvalue weighted by molar-refractivity contribution is -0.123. The van der Waals surface area contributed by atoms with E-state index in [9.17, 15) is 4.79 Å². The summed E-state index contributed by atoms with van der Waals surface area (Å²) in [5.74, 6) is 0.559. The summed E-state index contributed by atoms with van der Waals surface area (Å²) in [7, 11) is 0. The molecule has 1 fully saturated rings. The average molecular weight is 250 g/mol. The van der Waals surface area contributed by atoms with E-state index in [1.807, 2.05) is 36.4 Å². The summed E-state index contributed by atoms with van der Waals surface area (Å²) in [5.41, 5.74) is 2.35. The van der Waals surface area contributed by atoms with Crippen LogP contribution in [0.25, 0.3) is 0 Å². The van der Waals surface area contributed by atoms with Crippen molar-refractivity contribution in [3.63, 3.8) is 0 Å². The van der Waals surface area contributed by atoms with Crippen LogP contribution in [0.2, 0.25) is 0 Å². The predicted octanol–water partition coefficient (Wildman–Crippen LogP) is 4.31. The smallest absolute Gasteiger partial charge is 0.147 e. The largest absolute Gasteiger partial charge is 0.298 e. The van der Waals surface area contributed by atoms with Crippen molar-refractivity contribution in [2.45, 2.75) is 31.1 Å². The Balaban J connectivity index is 1.88. The molecule has 96 valence electrons. The van der Waals surface area contributed by atoms with E-state index in [2.05, 4.69) is 24.3 Å². The second-order valence-electron chi connectivity index (χ2n) is 5.26. The first-order valence-electron chi connectivity index (χ1n) is 7.00. The summed E-state index contributed by atoms with van der Waals surface area (Å²) in [6.07, 6.45) is 3.11. The fourth-order valence-corrected chi connectivity index (χ4v) is 3.09. The van der Waals surface area contributed by atoms with Crippen molar-refractivity contribution in [1.82, 2.24) is 0 Å². The molecule has 0 bridgehead atoms. The van der Waals surface area contributed by atoms with Crippen LogP contribution in [0.4, 0.5) is 0 Å². The molecule has 19 heavy (non-hydrogen) atoms. The van der Waals surface area contributed by atoms with Crippen LogP contribution in [0, 0.1) is 0 Å². The van der Waals surface area contributed by atoms with Crippen molar-refractivity contribution in [1.29, 1.82) is 0 Å². The Labute approximate surface area is 114 Å². The van der Waals surface area contributed by atoms with E-state index in [1.165, 1.54) is 11.1 Å². The highest BCUT2D eigenvalue weighted by Crippen LogP contribution is 2.38. The fraction of sp³-hybridized carbons (Fsp3) is 0.278. The molecule has 2 aromatic rings. The van der Waals surface area contributed by atoms with Crippen LogP contribution in [0.3, 0.4) is 0 Å². The minimum atomic E-state index is 0.0835. The van der Waals surface area contributed by atoms with Crippen molar-refractivity contribution in [3.05, 3.63) is 71.8 Å². The van der Waals surface area contributed by atoms with Crippen LogP contribution < -0.4 is 0 Å². The molecule has 0 amide bonds. The van der Waals surface area contributed by atoms with Gasteiger partial charge in [-0.15, -0.1) is 0 Å². The average Bonchev–Trinajstić information content (AvgIpc) is 2.49. The first kappa shape index (κ1) is 12.2. The quantitative estimate of drug-likeness (QED) is 0.776. The summed E-state index contributed by atoms with van der Waals surface area (Å²) < 4.78 is 0. The minimum absolute atomic E-state index is 0.0835. The van der Waals surface area contributed by atoms with Crippen LogP contribution in [-0.4, -0.2) is 5.78 Å². The molecule has 0 spiro atoms. The van der Waals surface area contributed by atoms with Gasteiger partial charge in [0.1, 0.15) is 5.78 Å². The molecule has 1 aliphatic carbocycles. The highest BCUT2D eigenvalue weighted by Gasteiger charge is 2.32. The van der Waals surface area contributed by atoms with Crippen molar-refractivity contribution >= 4 is 5.78 Å². The molecule has 0 heterocycles. The van der Waals surface area contributed by atoms with Gasteiger partial charge in [-0.2, -0.15) is 0 Å². The molecule has 1 heteroatoms. The third-order valence-corrected chi connectivity index (χ3v) is 4.08. The highest BCUT2D eigenvalue weighted by atomic mass is 16.1. The van der Waals surface area contributed by atoms with E-state index in [0.717, 1.165) is 19.3 Å². The van der Waals surface area contributed by atoms with Gasteiger partial charge in [-0.1, -0.05) is 67.1 Å². The summed E-state index contributed by atoms with van der Waals surface area (Å²) >= 11 is 0. The van der Waals surface area contributed by atoms with Crippen molar-refractivity contribution in [2.75, 3.05) is 0 Å². The van der Waals surface area contributed by atoms with Crippen LogP contribution in [0.1, 0.15) is 42.2 Å². The Kier molecular flexibility index (Phi) is 3.45. The number of rotatable bonds is 2. The third-order valence-electron chi connectivity index (χ3n) is 4.08. The van der Waals surface area contributed by atoms with Gasteiger partial charge in [0.2, 0.25) is 0 Å². The van der Waals surface area contributed by atoms with Gasteiger partial charge in [0.15, 0.2) is 0 Å². The molecule has 0 N–H and O–H groups in total. The number of ketones is 1. The molecule has 0 saturated heterocycles. The molecule has 2 aromatic carbocycles. The van der Waals surface area contributed by atoms with Crippen LogP contribution in [0.15, 0.2) is 60.7 Å². The Morgan fingerprint density at radius 2 is 1.11 bits per heavy atom. The van der Waals surface area contributed by atoms with Crippen molar-refractivity contribution in [2.24, 2.45) is 0 Å². The molecule has 1 saturated carbocycles. The summed E-state index contributed by atoms with van der Waals surface area (Å²) in [6, 6.07) is 20.4. The highest BCUT2D eigenvalue weighted by molar-refractivity contribution is 5.92. The maximum Gasteiger partial charge on any atom is 0.147 e. The fourth-order valence-electron chi connectivity index (χ4n) is 3.09. The topological polar surface area (TPSA) is 17.1 Å². The Hall–Kier alpha value is -1.89. The second-order valence-corrected chi connectivity index (χ2v) is 5.26. The van der Waals surface area contributed by atoms with E-state index < -0.39 is 0 Å². The Morgan fingerprint density at radius 1 is 0.684 bits per heavy atom. The normalized spacial score (nSPS) is 23.3. The molecule has 1 aliphatic rings. The SMILES string of the molecule is O=C1[C@H](c2ccccc2)CCC[C@@H]1c1ccccc1. The van der Waals surface area contributed by atoms with E-state index in [1.54, 1.807) is 0 Å². The van der Waals surface area contributed by atoms with E-state index in [0.29, 0.717) is 5.78 Å². The molecule has 0 unspecified atom stereocenters. The van der Waals surface area contributed by atoms with E-state index in [4.69, 9.17) is 0 Å². The van der Waals surface area contributed by atoms with Gasteiger partial charge >= 0.3 is 0 Å². The van der Waals surface area contributed by atoms with Crippen molar-refractivity contribution < 1.29 is 4.79 Å². The number of carbonyl (C=O) groups is 1. The second kappa shape index (κ2) is 5.40. The maximum absolute atomic E-state index is 12.7. The molecule has 3 rings (SSSR count). The molecule has 0 aliphatic heterocycles. The lowest BCUT2D eigenvalue weighted by atomic mass is 9.74. The monoisotopic (exact) mass is 250 g/mol. The zero-order chi connectivity index (χ0) is 13.1. The number of benzene rings is 2. The number of Topliss-reactive ketones (excluding diaryl/α,β-unsaturated/α-hetero) is 1. The van der Waals surface area contributed by atoms with Gasteiger partial charge in [-0.3, -0.25) is 4.79 Å². The Morgan fingerprint density at radius 3 is 1.53 bits per heavy atom. The van der Waals surface area contributed by atoms with Gasteiger partial charge in [-0.25, -0.2) is 0 Å².